The minimum absolute atomic E-state index is 0.0691. The second-order valence-corrected chi connectivity index (χ2v) is 9.51. The number of imidazole rings is 1. The molecule has 1 aromatic heterocycles. The SMILES string of the molecule is CC1(C)Cc2ccc(-n3c(=O)n(Cc4cccc(C(=O)O)c4)c4ccc(Cl)cc43)cc2C1=O. The molecular formula is C26H21ClN2O4. The monoisotopic (exact) mass is 460 g/mol. The zero-order valence-corrected chi connectivity index (χ0v) is 18.9. The van der Waals surface area contributed by atoms with Gasteiger partial charge in [0.25, 0.3) is 0 Å². The van der Waals surface area contributed by atoms with Crippen molar-refractivity contribution in [1.82, 2.24) is 9.13 Å². The van der Waals surface area contributed by atoms with Crippen LogP contribution in [0.1, 0.15) is 45.7 Å². The molecule has 0 unspecified atom stereocenters. The third-order valence-electron chi connectivity index (χ3n) is 6.25. The maximum absolute atomic E-state index is 13.6. The minimum atomic E-state index is -1.02. The number of rotatable bonds is 4. The van der Waals surface area contributed by atoms with Gasteiger partial charge in [0.1, 0.15) is 0 Å². The molecule has 6 nitrogen and oxygen atoms in total. The van der Waals surface area contributed by atoms with E-state index >= 15 is 0 Å². The predicted molar refractivity (Wildman–Crippen MR) is 127 cm³/mol. The number of carbonyl (C=O) groups excluding carboxylic acids is 1. The van der Waals surface area contributed by atoms with E-state index in [0.29, 0.717) is 39.3 Å². The molecule has 0 radical (unpaired) electrons. The van der Waals surface area contributed by atoms with Gasteiger partial charge in [-0.15, -0.1) is 0 Å². The van der Waals surface area contributed by atoms with Crippen LogP contribution in [0.4, 0.5) is 0 Å². The van der Waals surface area contributed by atoms with Gasteiger partial charge in [0, 0.05) is 16.0 Å². The van der Waals surface area contributed by atoms with E-state index in [-0.39, 0.29) is 23.6 Å². The standard InChI is InChI=1S/C26H21ClN2O4/c1-26(2)13-17-6-8-19(12-20(17)23(26)30)29-22-11-18(27)7-9-21(22)28(25(29)33)14-15-4-3-5-16(10-15)24(31)32/h3-12H,13-14H2,1-2H3,(H,31,32). The molecule has 0 atom stereocenters. The summed E-state index contributed by atoms with van der Waals surface area (Å²) < 4.78 is 3.15. The fourth-order valence-corrected chi connectivity index (χ4v) is 4.77. The number of Topliss-reactive ketones (excluding diaryl/α,β-unsaturated/α-hetero) is 1. The topological polar surface area (TPSA) is 81.3 Å². The number of carboxylic acids is 1. The number of ketones is 1. The van der Waals surface area contributed by atoms with Crippen molar-refractivity contribution < 1.29 is 14.7 Å². The Kier molecular flexibility index (Phi) is 4.79. The molecule has 166 valence electrons. The lowest BCUT2D eigenvalue weighted by atomic mass is 9.89. The highest BCUT2D eigenvalue weighted by molar-refractivity contribution is 6.31. The highest BCUT2D eigenvalue weighted by Gasteiger charge is 2.37. The van der Waals surface area contributed by atoms with Gasteiger partial charge in [-0.1, -0.05) is 43.6 Å². The van der Waals surface area contributed by atoms with Crippen LogP contribution < -0.4 is 5.69 Å². The second-order valence-electron chi connectivity index (χ2n) is 9.07. The molecule has 1 heterocycles. The predicted octanol–water partition coefficient (Wildman–Crippen LogP) is 4.96. The van der Waals surface area contributed by atoms with E-state index in [4.69, 9.17) is 11.6 Å². The summed E-state index contributed by atoms with van der Waals surface area (Å²) in [6.07, 6.45) is 0.670. The summed E-state index contributed by atoms with van der Waals surface area (Å²) in [6, 6.07) is 17.3. The number of carbonyl (C=O) groups is 2. The number of halogens is 1. The van der Waals surface area contributed by atoms with Crippen molar-refractivity contribution >= 4 is 34.4 Å². The summed E-state index contributed by atoms with van der Waals surface area (Å²) in [7, 11) is 0. The van der Waals surface area contributed by atoms with E-state index in [1.54, 1.807) is 51.6 Å². The Hall–Kier alpha value is -3.64. The van der Waals surface area contributed by atoms with Crippen molar-refractivity contribution in [1.29, 1.82) is 0 Å². The van der Waals surface area contributed by atoms with Gasteiger partial charge in [-0.05, 0) is 60.0 Å². The van der Waals surface area contributed by atoms with Gasteiger partial charge in [-0.2, -0.15) is 0 Å². The van der Waals surface area contributed by atoms with Crippen LogP contribution >= 0.6 is 11.6 Å². The first kappa shape index (κ1) is 21.2. The van der Waals surface area contributed by atoms with Crippen molar-refractivity contribution in [3.63, 3.8) is 0 Å². The first-order valence-corrected chi connectivity index (χ1v) is 10.9. The smallest absolute Gasteiger partial charge is 0.335 e. The van der Waals surface area contributed by atoms with Crippen molar-refractivity contribution in [3.05, 3.63) is 98.4 Å². The molecule has 1 aliphatic carbocycles. The average Bonchev–Trinajstić information content (AvgIpc) is 3.17. The summed E-state index contributed by atoms with van der Waals surface area (Å²) in [4.78, 5) is 37.9. The molecule has 1 N–H and O–H groups in total. The lowest BCUT2D eigenvalue weighted by Gasteiger charge is -2.13. The molecule has 7 heteroatoms. The molecule has 5 rings (SSSR count). The Balaban J connectivity index is 1.69. The molecule has 1 aliphatic rings. The molecule has 0 amide bonds. The lowest BCUT2D eigenvalue weighted by molar-refractivity contribution is 0.0696. The molecule has 0 bridgehead atoms. The summed E-state index contributed by atoms with van der Waals surface area (Å²) in [6.45, 7) is 4.05. The summed E-state index contributed by atoms with van der Waals surface area (Å²) in [5, 5.41) is 9.79. The van der Waals surface area contributed by atoms with Gasteiger partial charge in [0.15, 0.2) is 5.78 Å². The van der Waals surface area contributed by atoms with Gasteiger partial charge in [0.2, 0.25) is 0 Å². The number of hydrogen-bond donors (Lipinski definition) is 1. The zero-order chi connectivity index (χ0) is 23.5. The summed E-state index contributed by atoms with van der Waals surface area (Å²) in [5.41, 5.74) is 3.59. The molecule has 3 aromatic carbocycles. The summed E-state index contributed by atoms with van der Waals surface area (Å²) >= 11 is 6.27. The molecular weight excluding hydrogens is 440 g/mol. The van der Waals surface area contributed by atoms with Gasteiger partial charge < -0.3 is 5.11 Å². The van der Waals surface area contributed by atoms with E-state index in [2.05, 4.69) is 0 Å². The Labute approximate surface area is 194 Å². The van der Waals surface area contributed by atoms with E-state index in [1.165, 1.54) is 6.07 Å². The van der Waals surface area contributed by atoms with Crippen LogP contribution in [0, 0.1) is 5.41 Å². The van der Waals surface area contributed by atoms with E-state index in [1.807, 2.05) is 26.0 Å². The largest absolute Gasteiger partial charge is 0.478 e. The molecule has 0 aliphatic heterocycles. The van der Waals surface area contributed by atoms with Crippen LogP contribution in [-0.4, -0.2) is 26.0 Å². The Morgan fingerprint density at radius 3 is 2.58 bits per heavy atom. The fourth-order valence-electron chi connectivity index (χ4n) is 4.61. The third kappa shape index (κ3) is 3.47. The lowest BCUT2D eigenvalue weighted by Crippen LogP contribution is -2.24. The molecule has 0 spiro atoms. The number of nitrogens with zero attached hydrogens (tertiary/aromatic N) is 2. The number of aromatic nitrogens is 2. The third-order valence-corrected chi connectivity index (χ3v) is 6.48. The highest BCUT2D eigenvalue weighted by Crippen LogP contribution is 2.37. The molecule has 0 saturated carbocycles. The van der Waals surface area contributed by atoms with Gasteiger partial charge in [-0.25, -0.2) is 9.59 Å². The highest BCUT2D eigenvalue weighted by atomic mass is 35.5. The van der Waals surface area contributed by atoms with Crippen LogP contribution in [-0.2, 0) is 13.0 Å². The van der Waals surface area contributed by atoms with E-state index < -0.39 is 11.4 Å². The van der Waals surface area contributed by atoms with Crippen LogP contribution in [0.5, 0.6) is 0 Å². The molecule has 4 aromatic rings. The average molecular weight is 461 g/mol. The number of aromatic carboxylic acids is 1. The number of fused-ring (bicyclic) bond motifs is 2. The van der Waals surface area contributed by atoms with Crippen LogP contribution in [0.3, 0.4) is 0 Å². The quantitative estimate of drug-likeness (QED) is 0.467. The van der Waals surface area contributed by atoms with Gasteiger partial charge in [-0.3, -0.25) is 13.9 Å². The minimum Gasteiger partial charge on any atom is -0.478 e. The molecule has 0 fully saturated rings. The van der Waals surface area contributed by atoms with E-state index in [9.17, 15) is 19.5 Å². The normalized spacial score (nSPS) is 14.6. The van der Waals surface area contributed by atoms with Crippen LogP contribution in [0.2, 0.25) is 5.02 Å². The molecule has 0 saturated heterocycles. The zero-order valence-electron chi connectivity index (χ0n) is 18.1. The van der Waals surface area contributed by atoms with Crippen molar-refractivity contribution in [2.24, 2.45) is 5.41 Å². The maximum Gasteiger partial charge on any atom is 0.335 e. The first-order valence-electron chi connectivity index (χ1n) is 10.6. The Morgan fingerprint density at radius 1 is 1.03 bits per heavy atom. The first-order chi connectivity index (χ1) is 15.7. The second kappa shape index (κ2) is 7.46. The van der Waals surface area contributed by atoms with Crippen LogP contribution in [0.25, 0.3) is 16.7 Å². The fraction of sp³-hybridized carbons (Fsp3) is 0.192. The van der Waals surface area contributed by atoms with Gasteiger partial charge in [0.05, 0.1) is 28.8 Å². The number of hydrogen-bond acceptors (Lipinski definition) is 3. The molecule has 33 heavy (non-hydrogen) atoms. The number of carboxylic acid groups (broad SMARTS) is 1. The Bertz CT molecular complexity index is 1530. The summed E-state index contributed by atoms with van der Waals surface area (Å²) in [5.74, 6) is -0.955. The Morgan fingerprint density at radius 2 is 1.82 bits per heavy atom. The maximum atomic E-state index is 13.6. The van der Waals surface area contributed by atoms with E-state index in [0.717, 1.165) is 5.56 Å². The van der Waals surface area contributed by atoms with Crippen molar-refractivity contribution in [3.8, 4) is 5.69 Å². The van der Waals surface area contributed by atoms with Crippen molar-refractivity contribution in [2.75, 3.05) is 0 Å². The van der Waals surface area contributed by atoms with Gasteiger partial charge >= 0.3 is 11.7 Å². The number of benzene rings is 3. The van der Waals surface area contributed by atoms with Crippen LogP contribution in [0.15, 0.2) is 65.5 Å². The van der Waals surface area contributed by atoms with Crippen molar-refractivity contribution in [2.45, 2.75) is 26.8 Å².